The van der Waals surface area contributed by atoms with Gasteiger partial charge in [0.25, 0.3) is 0 Å². The monoisotopic (exact) mass is 269 g/mol. The molecule has 4 nitrogen and oxygen atoms in total. The highest BCUT2D eigenvalue weighted by molar-refractivity contribution is 5.98. The molecule has 0 atom stereocenters. The maximum absolute atomic E-state index is 12.2. The van der Waals surface area contributed by atoms with Crippen LogP contribution < -0.4 is 0 Å². The van der Waals surface area contributed by atoms with Crippen molar-refractivity contribution in [2.24, 2.45) is 0 Å². The van der Waals surface area contributed by atoms with Gasteiger partial charge in [-0.25, -0.2) is 0 Å². The molecule has 0 aliphatic carbocycles. The summed E-state index contributed by atoms with van der Waals surface area (Å²) < 4.78 is 0. The molecule has 1 aliphatic rings. The van der Waals surface area contributed by atoms with Crippen molar-refractivity contribution in [1.82, 2.24) is 4.90 Å². The van der Waals surface area contributed by atoms with Crippen LogP contribution in [0.15, 0.2) is 42.5 Å². The standard InChI is InChI=1S/C16H15NO3/c18-14-6-5-11(7-15(14)19)16(20)10-17-8-12-3-1-2-4-13(12)9-17/h1-7,18-19H,8-10H2. The molecular formula is C16H15NO3. The molecule has 0 spiro atoms. The van der Waals surface area contributed by atoms with Crippen LogP contribution >= 0.6 is 0 Å². The van der Waals surface area contributed by atoms with Crippen molar-refractivity contribution in [2.45, 2.75) is 13.1 Å². The Morgan fingerprint density at radius 2 is 1.65 bits per heavy atom. The van der Waals surface area contributed by atoms with E-state index in [4.69, 9.17) is 0 Å². The zero-order chi connectivity index (χ0) is 14.1. The number of aromatic hydroxyl groups is 2. The summed E-state index contributed by atoms with van der Waals surface area (Å²) in [6.07, 6.45) is 0. The summed E-state index contributed by atoms with van der Waals surface area (Å²) in [5, 5.41) is 18.7. The summed E-state index contributed by atoms with van der Waals surface area (Å²) in [6, 6.07) is 12.3. The van der Waals surface area contributed by atoms with Gasteiger partial charge in [-0.3, -0.25) is 9.69 Å². The normalized spacial score (nSPS) is 14.2. The van der Waals surface area contributed by atoms with Crippen LogP contribution in [0.4, 0.5) is 0 Å². The molecule has 0 aromatic heterocycles. The zero-order valence-electron chi connectivity index (χ0n) is 10.9. The van der Waals surface area contributed by atoms with Crippen molar-refractivity contribution >= 4 is 5.78 Å². The van der Waals surface area contributed by atoms with Crippen LogP contribution in [0.2, 0.25) is 0 Å². The van der Waals surface area contributed by atoms with E-state index in [-0.39, 0.29) is 17.3 Å². The second kappa shape index (κ2) is 4.98. The fourth-order valence-electron chi connectivity index (χ4n) is 2.51. The topological polar surface area (TPSA) is 60.8 Å². The highest BCUT2D eigenvalue weighted by Crippen LogP contribution is 2.26. The molecule has 2 N–H and O–H groups in total. The average Bonchev–Trinajstić information content (AvgIpc) is 2.83. The summed E-state index contributed by atoms with van der Waals surface area (Å²) in [5.74, 6) is -0.538. The number of hydrogen-bond acceptors (Lipinski definition) is 4. The Hall–Kier alpha value is -2.33. The Labute approximate surface area is 116 Å². The largest absolute Gasteiger partial charge is 0.504 e. The molecule has 1 heterocycles. The van der Waals surface area contributed by atoms with Gasteiger partial charge in [0.15, 0.2) is 17.3 Å². The van der Waals surface area contributed by atoms with Crippen LogP contribution in [0, 0.1) is 0 Å². The van der Waals surface area contributed by atoms with Crippen molar-refractivity contribution in [1.29, 1.82) is 0 Å². The van der Waals surface area contributed by atoms with Gasteiger partial charge in [0.1, 0.15) is 0 Å². The molecular weight excluding hydrogens is 254 g/mol. The van der Waals surface area contributed by atoms with Crippen molar-refractivity contribution in [3.8, 4) is 11.5 Å². The average molecular weight is 269 g/mol. The molecule has 0 saturated heterocycles. The highest BCUT2D eigenvalue weighted by Gasteiger charge is 2.21. The summed E-state index contributed by atoms with van der Waals surface area (Å²) in [5.41, 5.74) is 2.93. The molecule has 2 aromatic rings. The van der Waals surface area contributed by atoms with Crippen molar-refractivity contribution < 1.29 is 15.0 Å². The summed E-state index contributed by atoms with van der Waals surface area (Å²) in [6.45, 7) is 1.84. The minimum Gasteiger partial charge on any atom is -0.504 e. The number of phenols is 2. The Bertz CT molecular complexity index is 642. The molecule has 0 saturated carbocycles. The molecule has 3 rings (SSSR count). The van der Waals surface area contributed by atoms with Crippen LogP contribution in [0.5, 0.6) is 11.5 Å². The number of fused-ring (bicyclic) bond motifs is 1. The third kappa shape index (κ3) is 2.38. The van der Waals surface area contributed by atoms with E-state index in [0.29, 0.717) is 12.1 Å². The van der Waals surface area contributed by atoms with E-state index < -0.39 is 0 Å². The van der Waals surface area contributed by atoms with E-state index in [1.807, 2.05) is 12.1 Å². The minimum atomic E-state index is -0.263. The van der Waals surface area contributed by atoms with E-state index in [9.17, 15) is 15.0 Å². The fraction of sp³-hybridized carbons (Fsp3) is 0.188. The molecule has 0 amide bonds. The Morgan fingerprint density at radius 3 is 2.25 bits per heavy atom. The fourth-order valence-corrected chi connectivity index (χ4v) is 2.51. The van der Waals surface area contributed by atoms with Gasteiger partial charge in [0.05, 0.1) is 6.54 Å². The molecule has 0 fully saturated rings. The predicted molar refractivity (Wildman–Crippen MR) is 74.7 cm³/mol. The Kier molecular flexibility index (Phi) is 3.16. The van der Waals surface area contributed by atoms with E-state index in [1.165, 1.54) is 29.3 Å². The van der Waals surface area contributed by atoms with Crippen LogP contribution in [-0.4, -0.2) is 27.4 Å². The summed E-state index contributed by atoms with van der Waals surface area (Å²) in [4.78, 5) is 14.2. The Morgan fingerprint density at radius 1 is 1.00 bits per heavy atom. The lowest BCUT2D eigenvalue weighted by molar-refractivity contribution is 0.0929. The summed E-state index contributed by atoms with van der Waals surface area (Å²) >= 11 is 0. The smallest absolute Gasteiger partial charge is 0.176 e. The lowest BCUT2D eigenvalue weighted by atomic mass is 10.1. The highest BCUT2D eigenvalue weighted by atomic mass is 16.3. The van der Waals surface area contributed by atoms with Crippen LogP contribution in [0.1, 0.15) is 21.5 Å². The number of carbonyl (C=O) groups excluding carboxylic acids is 1. The first-order valence-corrected chi connectivity index (χ1v) is 6.48. The van der Waals surface area contributed by atoms with Crippen LogP contribution in [-0.2, 0) is 13.1 Å². The predicted octanol–water partition coefficient (Wildman–Crippen LogP) is 2.30. The van der Waals surface area contributed by atoms with Gasteiger partial charge in [0, 0.05) is 18.7 Å². The number of nitrogens with zero attached hydrogens (tertiary/aromatic N) is 1. The third-order valence-corrected chi connectivity index (χ3v) is 3.57. The van der Waals surface area contributed by atoms with Crippen LogP contribution in [0.25, 0.3) is 0 Å². The maximum atomic E-state index is 12.2. The number of carbonyl (C=O) groups is 1. The molecule has 2 aromatic carbocycles. The molecule has 20 heavy (non-hydrogen) atoms. The maximum Gasteiger partial charge on any atom is 0.176 e. The SMILES string of the molecule is O=C(CN1Cc2ccccc2C1)c1ccc(O)c(O)c1. The van der Waals surface area contributed by atoms with Crippen molar-refractivity contribution in [3.05, 3.63) is 59.2 Å². The first-order chi connectivity index (χ1) is 9.63. The van der Waals surface area contributed by atoms with Gasteiger partial charge in [0.2, 0.25) is 0 Å². The van der Waals surface area contributed by atoms with E-state index >= 15 is 0 Å². The first kappa shape index (κ1) is 12.7. The number of ketones is 1. The van der Waals surface area contributed by atoms with E-state index in [1.54, 1.807) is 0 Å². The van der Waals surface area contributed by atoms with Gasteiger partial charge in [-0.15, -0.1) is 0 Å². The number of rotatable bonds is 3. The van der Waals surface area contributed by atoms with Gasteiger partial charge < -0.3 is 10.2 Å². The quantitative estimate of drug-likeness (QED) is 0.663. The van der Waals surface area contributed by atoms with Gasteiger partial charge in [-0.05, 0) is 29.3 Å². The molecule has 1 aliphatic heterocycles. The molecule has 102 valence electrons. The summed E-state index contributed by atoms with van der Waals surface area (Å²) in [7, 11) is 0. The van der Waals surface area contributed by atoms with E-state index in [0.717, 1.165) is 13.1 Å². The second-order valence-electron chi connectivity index (χ2n) is 5.04. The van der Waals surface area contributed by atoms with Gasteiger partial charge in [-0.1, -0.05) is 24.3 Å². The molecule has 0 bridgehead atoms. The lowest BCUT2D eigenvalue weighted by Gasteiger charge is -2.13. The molecule has 0 unspecified atom stereocenters. The molecule has 0 radical (unpaired) electrons. The van der Waals surface area contributed by atoms with Crippen molar-refractivity contribution in [3.63, 3.8) is 0 Å². The molecule has 4 heteroatoms. The number of benzene rings is 2. The minimum absolute atomic E-state index is 0.0619. The van der Waals surface area contributed by atoms with Crippen molar-refractivity contribution in [2.75, 3.05) is 6.54 Å². The number of hydrogen-bond donors (Lipinski definition) is 2. The lowest BCUT2D eigenvalue weighted by Crippen LogP contribution is -2.24. The Balaban J connectivity index is 1.70. The zero-order valence-corrected chi connectivity index (χ0v) is 10.9. The van der Waals surface area contributed by atoms with E-state index in [2.05, 4.69) is 17.0 Å². The van der Waals surface area contributed by atoms with Gasteiger partial charge >= 0.3 is 0 Å². The third-order valence-electron chi connectivity index (χ3n) is 3.57. The number of phenolic OH excluding ortho intramolecular Hbond substituents is 2. The van der Waals surface area contributed by atoms with Crippen LogP contribution in [0.3, 0.4) is 0 Å². The number of Topliss-reactive ketones (excluding diaryl/α,β-unsaturated/α-hetero) is 1. The second-order valence-corrected chi connectivity index (χ2v) is 5.04. The van der Waals surface area contributed by atoms with Gasteiger partial charge in [-0.2, -0.15) is 0 Å². The first-order valence-electron chi connectivity index (χ1n) is 6.48.